The van der Waals surface area contributed by atoms with Crippen molar-refractivity contribution in [2.45, 2.75) is 20.3 Å². The molecular formula is C15H17Cl2N3O2. The molecule has 1 heterocycles. The molecule has 1 N–H and O–H groups in total. The normalized spacial score (nSPS) is 10.6. The van der Waals surface area contributed by atoms with Crippen molar-refractivity contribution in [3.8, 4) is 5.75 Å². The average Bonchev–Trinajstić information content (AvgIpc) is 2.65. The quantitative estimate of drug-likeness (QED) is 0.925. The Balaban J connectivity index is 2.16. The first kappa shape index (κ1) is 16.6. The van der Waals surface area contributed by atoms with Crippen molar-refractivity contribution >= 4 is 34.8 Å². The highest BCUT2D eigenvalue weighted by molar-refractivity contribution is 6.37. The molecule has 0 radical (unpaired) electrons. The Hall–Kier alpha value is -1.72. The number of benzene rings is 1. The van der Waals surface area contributed by atoms with Crippen LogP contribution >= 0.6 is 23.2 Å². The van der Waals surface area contributed by atoms with Gasteiger partial charge >= 0.3 is 0 Å². The van der Waals surface area contributed by atoms with Crippen LogP contribution in [0.5, 0.6) is 5.75 Å². The van der Waals surface area contributed by atoms with E-state index in [4.69, 9.17) is 27.9 Å². The van der Waals surface area contributed by atoms with E-state index < -0.39 is 0 Å². The fraction of sp³-hybridized carbons (Fsp3) is 0.333. The summed E-state index contributed by atoms with van der Waals surface area (Å²) in [5.74, 6) is 0.233. The number of anilines is 1. The van der Waals surface area contributed by atoms with Gasteiger partial charge < -0.3 is 10.1 Å². The van der Waals surface area contributed by atoms with Crippen LogP contribution in [-0.4, -0.2) is 22.8 Å². The molecule has 0 aliphatic carbocycles. The highest BCUT2D eigenvalue weighted by Gasteiger charge is 2.15. The first-order valence-corrected chi connectivity index (χ1v) is 7.41. The van der Waals surface area contributed by atoms with E-state index in [0.717, 1.165) is 17.0 Å². The van der Waals surface area contributed by atoms with Gasteiger partial charge in [-0.1, -0.05) is 23.2 Å². The number of methoxy groups -OCH3 is 1. The highest BCUT2D eigenvalue weighted by atomic mass is 35.5. The van der Waals surface area contributed by atoms with Crippen molar-refractivity contribution < 1.29 is 9.53 Å². The molecule has 0 spiro atoms. The highest BCUT2D eigenvalue weighted by Crippen LogP contribution is 2.35. The molecule has 22 heavy (non-hydrogen) atoms. The second kappa shape index (κ2) is 6.58. The number of hydrogen-bond acceptors (Lipinski definition) is 3. The van der Waals surface area contributed by atoms with E-state index >= 15 is 0 Å². The smallest absolute Gasteiger partial charge is 0.228 e. The van der Waals surface area contributed by atoms with Gasteiger partial charge in [0.1, 0.15) is 0 Å². The van der Waals surface area contributed by atoms with E-state index in [0.29, 0.717) is 21.5 Å². The number of rotatable bonds is 4. The van der Waals surface area contributed by atoms with Gasteiger partial charge in [0, 0.05) is 24.0 Å². The lowest BCUT2D eigenvalue weighted by molar-refractivity contribution is -0.115. The maximum absolute atomic E-state index is 12.2. The van der Waals surface area contributed by atoms with Crippen molar-refractivity contribution in [1.82, 2.24) is 9.78 Å². The summed E-state index contributed by atoms with van der Waals surface area (Å²) in [6.45, 7) is 3.82. The fourth-order valence-corrected chi connectivity index (χ4v) is 2.91. The van der Waals surface area contributed by atoms with Crippen LogP contribution in [-0.2, 0) is 18.3 Å². The molecule has 7 heteroatoms. The van der Waals surface area contributed by atoms with Gasteiger partial charge in [0.25, 0.3) is 0 Å². The maximum atomic E-state index is 12.2. The standard InChI is InChI=1S/C15H17Cl2N3O2/c1-8-11(9(2)20(3)19-8)7-14(21)18-10-5-12(16)15(22-4)13(17)6-10/h5-6H,7H2,1-4H3,(H,18,21). The Morgan fingerprint density at radius 2 is 1.91 bits per heavy atom. The number of hydrogen-bond donors (Lipinski definition) is 1. The van der Waals surface area contributed by atoms with Crippen LogP contribution in [0.4, 0.5) is 5.69 Å². The number of carbonyl (C=O) groups is 1. The second-order valence-electron chi connectivity index (χ2n) is 4.97. The lowest BCUT2D eigenvalue weighted by Crippen LogP contribution is -2.15. The van der Waals surface area contributed by atoms with Gasteiger partial charge in [-0.2, -0.15) is 5.10 Å². The van der Waals surface area contributed by atoms with Crippen LogP contribution < -0.4 is 10.1 Å². The number of nitrogens with one attached hydrogen (secondary N) is 1. The molecule has 2 aromatic rings. The predicted octanol–water partition coefficient (Wildman–Crippen LogP) is 3.53. The SMILES string of the molecule is COc1c(Cl)cc(NC(=O)Cc2c(C)nn(C)c2C)cc1Cl. The third kappa shape index (κ3) is 3.36. The van der Waals surface area contributed by atoms with Gasteiger partial charge in [-0.25, -0.2) is 0 Å². The second-order valence-corrected chi connectivity index (χ2v) is 5.79. The molecule has 0 aliphatic heterocycles. The Morgan fingerprint density at radius 1 is 1.32 bits per heavy atom. The molecule has 2 rings (SSSR count). The van der Waals surface area contributed by atoms with Crippen LogP contribution in [0.25, 0.3) is 0 Å². The Morgan fingerprint density at radius 3 is 2.36 bits per heavy atom. The van der Waals surface area contributed by atoms with E-state index in [1.54, 1.807) is 16.8 Å². The van der Waals surface area contributed by atoms with Crippen LogP contribution in [0.2, 0.25) is 10.0 Å². The van der Waals surface area contributed by atoms with Crippen LogP contribution in [0.3, 0.4) is 0 Å². The summed E-state index contributed by atoms with van der Waals surface area (Å²) < 4.78 is 6.84. The third-order valence-electron chi connectivity index (χ3n) is 3.48. The van der Waals surface area contributed by atoms with Crippen LogP contribution in [0, 0.1) is 13.8 Å². The topological polar surface area (TPSA) is 56.1 Å². The lowest BCUT2D eigenvalue weighted by Gasteiger charge is -2.10. The minimum atomic E-state index is -0.156. The van der Waals surface area contributed by atoms with Gasteiger partial charge in [-0.15, -0.1) is 0 Å². The third-order valence-corrected chi connectivity index (χ3v) is 4.04. The number of nitrogens with zero attached hydrogens (tertiary/aromatic N) is 2. The molecule has 0 atom stereocenters. The van der Waals surface area contributed by atoms with Gasteiger partial charge in [0.15, 0.2) is 5.75 Å². The van der Waals surface area contributed by atoms with Gasteiger partial charge in [0.05, 0.1) is 29.3 Å². The molecule has 0 saturated heterocycles. The zero-order valence-corrected chi connectivity index (χ0v) is 14.3. The molecule has 118 valence electrons. The molecule has 1 amide bonds. The first-order chi connectivity index (χ1) is 10.3. The van der Waals surface area contributed by atoms with Gasteiger partial charge in [-0.3, -0.25) is 9.48 Å². The van der Waals surface area contributed by atoms with Crippen molar-refractivity contribution in [3.05, 3.63) is 39.1 Å². The van der Waals surface area contributed by atoms with E-state index in [9.17, 15) is 4.79 Å². The van der Waals surface area contributed by atoms with Gasteiger partial charge in [0.2, 0.25) is 5.91 Å². The van der Waals surface area contributed by atoms with Crippen LogP contribution in [0.15, 0.2) is 12.1 Å². The molecule has 5 nitrogen and oxygen atoms in total. The predicted molar refractivity (Wildman–Crippen MR) is 88.0 cm³/mol. The van der Waals surface area contributed by atoms with E-state index in [1.165, 1.54) is 7.11 Å². The average molecular weight is 342 g/mol. The monoisotopic (exact) mass is 341 g/mol. The summed E-state index contributed by atoms with van der Waals surface area (Å²) in [5, 5.41) is 7.78. The molecule has 0 unspecified atom stereocenters. The summed E-state index contributed by atoms with van der Waals surface area (Å²) >= 11 is 12.1. The Kier molecular flexibility index (Phi) is 4.98. The fourth-order valence-electron chi connectivity index (χ4n) is 2.27. The molecular weight excluding hydrogens is 325 g/mol. The number of amides is 1. The number of carbonyl (C=O) groups excluding carboxylic acids is 1. The number of ether oxygens (including phenoxy) is 1. The Bertz CT molecular complexity index is 703. The minimum absolute atomic E-state index is 0.156. The maximum Gasteiger partial charge on any atom is 0.228 e. The lowest BCUT2D eigenvalue weighted by atomic mass is 10.1. The molecule has 0 aliphatic rings. The molecule has 1 aromatic carbocycles. The first-order valence-electron chi connectivity index (χ1n) is 6.65. The zero-order chi connectivity index (χ0) is 16.4. The van der Waals surface area contributed by atoms with Crippen molar-refractivity contribution in [3.63, 3.8) is 0 Å². The van der Waals surface area contributed by atoms with E-state index in [1.807, 2.05) is 20.9 Å². The zero-order valence-electron chi connectivity index (χ0n) is 12.8. The van der Waals surface area contributed by atoms with E-state index in [-0.39, 0.29) is 12.3 Å². The number of halogens is 2. The number of aryl methyl sites for hydroxylation is 2. The summed E-state index contributed by atoms with van der Waals surface area (Å²) in [6.07, 6.45) is 0.243. The van der Waals surface area contributed by atoms with Gasteiger partial charge in [-0.05, 0) is 26.0 Å². The van der Waals surface area contributed by atoms with Crippen molar-refractivity contribution in [1.29, 1.82) is 0 Å². The summed E-state index contributed by atoms with van der Waals surface area (Å²) in [5.41, 5.74) is 3.27. The molecule has 1 aromatic heterocycles. The molecule has 0 fully saturated rings. The Labute approximate surface area is 139 Å². The largest absolute Gasteiger partial charge is 0.494 e. The van der Waals surface area contributed by atoms with Crippen LogP contribution in [0.1, 0.15) is 17.0 Å². The van der Waals surface area contributed by atoms with E-state index in [2.05, 4.69) is 10.4 Å². The van der Waals surface area contributed by atoms with Crippen molar-refractivity contribution in [2.75, 3.05) is 12.4 Å². The summed E-state index contributed by atoms with van der Waals surface area (Å²) in [4.78, 5) is 12.2. The minimum Gasteiger partial charge on any atom is -0.494 e. The molecule has 0 saturated carbocycles. The number of aromatic nitrogens is 2. The molecule has 0 bridgehead atoms. The van der Waals surface area contributed by atoms with Crippen molar-refractivity contribution in [2.24, 2.45) is 7.05 Å². The summed E-state index contributed by atoms with van der Waals surface area (Å²) in [7, 11) is 3.34. The summed E-state index contributed by atoms with van der Waals surface area (Å²) in [6, 6.07) is 3.21.